The fourth-order valence-corrected chi connectivity index (χ4v) is 2.32. The van der Waals surface area contributed by atoms with Crippen molar-refractivity contribution in [2.75, 3.05) is 12.4 Å². The van der Waals surface area contributed by atoms with Crippen molar-refractivity contribution in [1.29, 1.82) is 0 Å². The molecule has 3 nitrogen and oxygen atoms in total. The zero-order chi connectivity index (χ0) is 13.8. The van der Waals surface area contributed by atoms with Crippen LogP contribution in [0.5, 0.6) is 5.75 Å². The maximum absolute atomic E-state index is 12.2. The molecule has 0 heterocycles. The Balaban J connectivity index is 2.28. The number of methoxy groups -OCH3 is 1. The van der Waals surface area contributed by atoms with E-state index in [4.69, 9.17) is 4.74 Å². The average Bonchev–Trinajstić information content (AvgIpc) is 2.42. The van der Waals surface area contributed by atoms with E-state index in [9.17, 15) is 4.79 Å². The third kappa shape index (κ3) is 3.36. The Morgan fingerprint density at radius 3 is 2.63 bits per heavy atom. The summed E-state index contributed by atoms with van der Waals surface area (Å²) in [6.45, 7) is 0. The maximum atomic E-state index is 12.2. The Labute approximate surface area is 128 Å². The molecule has 2 rings (SSSR count). The van der Waals surface area contributed by atoms with Crippen LogP contribution in [0.2, 0.25) is 0 Å². The Morgan fingerprint density at radius 1 is 1.16 bits per heavy atom. The summed E-state index contributed by atoms with van der Waals surface area (Å²) in [5.74, 6) is 0.336. The van der Waals surface area contributed by atoms with Crippen molar-refractivity contribution in [2.45, 2.75) is 0 Å². The highest BCUT2D eigenvalue weighted by Crippen LogP contribution is 2.27. The number of nitrogens with one attached hydrogen (secondary N) is 1. The number of carbonyl (C=O) groups is 1. The van der Waals surface area contributed by atoms with E-state index in [0.717, 1.165) is 8.95 Å². The van der Waals surface area contributed by atoms with Gasteiger partial charge in [0.05, 0.1) is 18.4 Å². The number of rotatable bonds is 3. The Morgan fingerprint density at radius 2 is 1.89 bits per heavy atom. The molecule has 19 heavy (non-hydrogen) atoms. The number of ether oxygens (including phenoxy) is 1. The molecule has 0 aliphatic rings. The summed E-state index contributed by atoms with van der Waals surface area (Å²) < 4.78 is 6.89. The lowest BCUT2D eigenvalue weighted by molar-refractivity contribution is 0.102. The normalized spacial score (nSPS) is 10.1. The molecule has 0 saturated heterocycles. The van der Waals surface area contributed by atoms with Gasteiger partial charge >= 0.3 is 0 Å². The van der Waals surface area contributed by atoms with E-state index in [1.807, 2.05) is 24.3 Å². The SMILES string of the molecule is COc1ccccc1C(=O)Nc1cc(Br)ccc1Br. The van der Waals surface area contributed by atoms with Crippen molar-refractivity contribution in [3.63, 3.8) is 0 Å². The molecule has 0 unspecified atom stereocenters. The topological polar surface area (TPSA) is 38.3 Å². The van der Waals surface area contributed by atoms with Crippen LogP contribution in [0.3, 0.4) is 0 Å². The highest BCUT2D eigenvalue weighted by atomic mass is 79.9. The predicted octanol–water partition coefficient (Wildman–Crippen LogP) is 4.47. The van der Waals surface area contributed by atoms with Crippen LogP contribution in [0, 0.1) is 0 Å². The van der Waals surface area contributed by atoms with Gasteiger partial charge in [0, 0.05) is 8.95 Å². The lowest BCUT2D eigenvalue weighted by Gasteiger charge is -2.10. The summed E-state index contributed by atoms with van der Waals surface area (Å²) in [6.07, 6.45) is 0. The van der Waals surface area contributed by atoms with Gasteiger partial charge in [0.25, 0.3) is 5.91 Å². The highest BCUT2D eigenvalue weighted by molar-refractivity contribution is 9.11. The standard InChI is InChI=1S/C14H11Br2NO2/c1-19-13-5-3-2-4-10(13)14(18)17-12-8-9(15)6-7-11(12)16/h2-8H,1H3,(H,17,18). The summed E-state index contributed by atoms with van der Waals surface area (Å²) in [4.78, 5) is 12.2. The number of anilines is 1. The second-order valence-electron chi connectivity index (χ2n) is 3.78. The third-order valence-corrected chi connectivity index (χ3v) is 3.71. The van der Waals surface area contributed by atoms with Crippen molar-refractivity contribution in [3.05, 3.63) is 57.0 Å². The first-order valence-electron chi connectivity index (χ1n) is 5.51. The van der Waals surface area contributed by atoms with E-state index in [2.05, 4.69) is 37.2 Å². The van der Waals surface area contributed by atoms with Crippen LogP contribution >= 0.6 is 31.9 Å². The number of carbonyl (C=O) groups excluding carboxylic acids is 1. The van der Waals surface area contributed by atoms with Crippen LogP contribution < -0.4 is 10.1 Å². The van der Waals surface area contributed by atoms with Crippen LogP contribution in [0.25, 0.3) is 0 Å². The molecule has 0 atom stereocenters. The number of amides is 1. The molecule has 0 fully saturated rings. The number of hydrogen-bond donors (Lipinski definition) is 1. The fourth-order valence-electron chi connectivity index (χ4n) is 1.62. The van der Waals surface area contributed by atoms with E-state index >= 15 is 0 Å². The summed E-state index contributed by atoms with van der Waals surface area (Å²) in [5.41, 5.74) is 1.20. The molecule has 0 aliphatic carbocycles. The maximum Gasteiger partial charge on any atom is 0.259 e. The van der Waals surface area contributed by atoms with E-state index < -0.39 is 0 Å². The molecule has 0 bridgehead atoms. The second kappa shape index (κ2) is 6.21. The number of benzene rings is 2. The molecule has 2 aromatic rings. The molecular formula is C14H11Br2NO2. The number of para-hydroxylation sites is 1. The Kier molecular flexibility index (Phi) is 4.61. The van der Waals surface area contributed by atoms with Gasteiger partial charge in [-0.2, -0.15) is 0 Å². The van der Waals surface area contributed by atoms with E-state index in [0.29, 0.717) is 17.0 Å². The minimum atomic E-state index is -0.212. The van der Waals surface area contributed by atoms with Crippen LogP contribution in [-0.2, 0) is 0 Å². The number of hydrogen-bond acceptors (Lipinski definition) is 2. The molecule has 98 valence electrons. The van der Waals surface area contributed by atoms with Gasteiger partial charge in [0.1, 0.15) is 5.75 Å². The lowest BCUT2D eigenvalue weighted by atomic mass is 10.2. The summed E-state index contributed by atoms with van der Waals surface area (Å²) in [7, 11) is 1.54. The van der Waals surface area contributed by atoms with Gasteiger partial charge in [0.2, 0.25) is 0 Å². The zero-order valence-electron chi connectivity index (χ0n) is 10.1. The van der Waals surface area contributed by atoms with Gasteiger partial charge < -0.3 is 10.1 Å². The molecule has 0 spiro atoms. The molecule has 0 aliphatic heterocycles. The summed E-state index contributed by atoms with van der Waals surface area (Å²) in [5, 5.41) is 2.85. The van der Waals surface area contributed by atoms with E-state index in [-0.39, 0.29) is 5.91 Å². The smallest absolute Gasteiger partial charge is 0.259 e. The first-order chi connectivity index (χ1) is 9.11. The monoisotopic (exact) mass is 383 g/mol. The minimum Gasteiger partial charge on any atom is -0.496 e. The van der Waals surface area contributed by atoms with Crippen LogP contribution in [-0.4, -0.2) is 13.0 Å². The van der Waals surface area contributed by atoms with E-state index in [1.165, 1.54) is 0 Å². The molecule has 5 heteroatoms. The molecule has 0 aromatic heterocycles. The first-order valence-corrected chi connectivity index (χ1v) is 7.10. The van der Waals surface area contributed by atoms with Crippen molar-refractivity contribution < 1.29 is 9.53 Å². The molecular weight excluding hydrogens is 374 g/mol. The second-order valence-corrected chi connectivity index (χ2v) is 5.55. The van der Waals surface area contributed by atoms with Crippen LogP contribution in [0.4, 0.5) is 5.69 Å². The molecule has 2 aromatic carbocycles. The van der Waals surface area contributed by atoms with Gasteiger partial charge in [-0.15, -0.1) is 0 Å². The van der Waals surface area contributed by atoms with Crippen molar-refractivity contribution in [1.82, 2.24) is 0 Å². The molecule has 1 amide bonds. The Bertz CT molecular complexity index is 614. The van der Waals surface area contributed by atoms with E-state index in [1.54, 1.807) is 25.3 Å². The Hall–Kier alpha value is -1.33. The van der Waals surface area contributed by atoms with Gasteiger partial charge in [-0.25, -0.2) is 0 Å². The summed E-state index contributed by atoms with van der Waals surface area (Å²) in [6, 6.07) is 12.7. The number of halogens is 2. The van der Waals surface area contributed by atoms with Crippen molar-refractivity contribution >= 4 is 43.5 Å². The summed E-state index contributed by atoms with van der Waals surface area (Å²) >= 11 is 6.77. The van der Waals surface area contributed by atoms with Gasteiger partial charge in [-0.1, -0.05) is 28.1 Å². The molecule has 0 saturated carbocycles. The molecule has 0 radical (unpaired) electrons. The lowest BCUT2D eigenvalue weighted by Crippen LogP contribution is -2.13. The third-order valence-electron chi connectivity index (χ3n) is 2.53. The molecule has 1 N–H and O–H groups in total. The quantitative estimate of drug-likeness (QED) is 0.847. The van der Waals surface area contributed by atoms with Crippen LogP contribution in [0.15, 0.2) is 51.4 Å². The predicted molar refractivity (Wildman–Crippen MR) is 82.8 cm³/mol. The fraction of sp³-hybridized carbons (Fsp3) is 0.0714. The van der Waals surface area contributed by atoms with Crippen molar-refractivity contribution in [2.24, 2.45) is 0 Å². The average molecular weight is 385 g/mol. The largest absolute Gasteiger partial charge is 0.496 e. The highest BCUT2D eigenvalue weighted by Gasteiger charge is 2.13. The van der Waals surface area contributed by atoms with Crippen LogP contribution in [0.1, 0.15) is 10.4 Å². The van der Waals surface area contributed by atoms with Crippen molar-refractivity contribution in [3.8, 4) is 5.75 Å². The minimum absolute atomic E-state index is 0.212. The van der Waals surface area contributed by atoms with Gasteiger partial charge in [-0.3, -0.25) is 4.79 Å². The zero-order valence-corrected chi connectivity index (χ0v) is 13.3. The first kappa shape index (κ1) is 14.1. The van der Waals surface area contributed by atoms with Gasteiger partial charge in [-0.05, 0) is 46.3 Å². The van der Waals surface area contributed by atoms with Gasteiger partial charge in [0.15, 0.2) is 0 Å².